The SMILES string of the molecule is COc1ccc(CN2C(=O)CO[C@H](c3ccc(NC(=O)NCc4ccccc4)cc3)[C@H]2CO)cc1. The first kappa shape index (κ1) is 24.3. The Balaban J connectivity index is 1.39. The van der Waals surface area contributed by atoms with Crippen molar-refractivity contribution in [1.29, 1.82) is 0 Å². The number of methoxy groups -OCH3 is 1. The third-order valence-electron chi connectivity index (χ3n) is 5.95. The molecule has 0 saturated carbocycles. The van der Waals surface area contributed by atoms with Gasteiger partial charge in [0.2, 0.25) is 5.91 Å². The highest BCUT2D eigenvalue weighted by Gasteiger charge is 2.37. The number of aliphatic hydroxyl groups excluding tert-OH is 1. The Morgan fingerprint density at radius 1 is 1.03 bits per heavy atom. The van der Waals surface area contributed by atoms with E-state index in [1.54, 1.807) is 24.1 Å². The molecule has 3 aromatic carbocycles. The Morgan fingerprint density at radius 2 is 1.74 bits per heavy atom. The van der Waals surface area contributed by atoms with Gasteiger partial charge >= 0.3 is 6.03 Å². The van der Waals surface area contributed by atoms with Gasteiger partial charge in [0.25, 0.3) is 0 Å². The molecule has 8 nitrogen and oxygen atoms in total. The van der Waals surface area contributed by atoms with Crippen molar-refractivity contribution < 1.29 is 24.2 Å². The fourth-order valence-corrected chi connectivity index (χ4v) is 4.06. The number of ether oxygens (including phenoxy) is 2. The van der Waals surface area contributed by atoms with Crippen molar-refractivity contribution in [2.24, 2.45) is 0 Å². The first-order valence-electron chi connectivity index (χ1n) is 11.4. The minimum Gasteiger partial charge on any atom is -0.497 e. The van der Waals surface area contributed by atoms with Gasteiger partial charge in [0.1, 0.15) is 18.5 Å². The maximum absolute atomic E-state index is 12.6. The van der Waals surface area contributed by atoms with Crippen LogP contribution in [-0.2, 0) is 22.6 Å². The van der Waals surface area contributed by atoms with Gasteiger partial charge in [-0.15, -0.1) is 0 Å². The predicted molar refractivity (Wildman–Crippen MR) is 132 cm³/mol. The quantitative estimate of drug-likeness (QED) is 0.463. The van der Waals surface area contributed by atoms with Crippen molar-refractivity contribution in [2.45, 2.75) is 25.2 Å². The lowest BCUT2D eigenvalue weighted by atomic mass is 9.98. The Labute approximate surface area is 204 Å². The van der Waals surface area contributed by atoms with E-state index >= 15 is 0 Å². The summed E-state index contributed by atoms with van der Waals surface area (Å²) in [6.45, 7) is 0.472. The molecule has 1 aliphatic rings. The largest absolute Gasteiger partial charge is 0.497 e. The van der Waals surface area contributed by atoms with Crippen LogP contribution in [0, 0.1) is 0 Å². The Kier molecular flexibility index (Phi) is 7.97. The molecule has 182 valence electrons. The highest BCUT2D eigenvalue weighted by molar-refractivity contribution is 5.89. The summed E-state index contributed by atoms with van der Waals surface area (Å²) in [6, 6.07) is 23.5. The molecule has 0 radical (unpaired) electrons. The van der Waals surface area contributed by atoms with Gasteiger partial charge in [-0.3, -0.25) is 4.79 Å². The number of benzene rings is 3. The number of morpholine rings is 1. The summed E-state index contributed by atoms with van der Waals surface area (Å²) in [5.74, 6) is 0.561. The highest BCUT2D eigenvalue weighted by atomic mass is 16.5. The molecule has 3 aromatic rings. The van der Waals surface area contributed by atoms with Crippen LogP contribution in [0.2, 0.25) is 0 Å². The lowest BCUT2D eigenvalue weighted by Gasteiger charge is -2.40. The second kappa shape index (κ2) is 11.5. The number of carbonyl (C=O) groups is 2. The molecular weight excluding hydrogens is 446 g/mol. The zero-order valence-corrected chi connectivity index (χ0v) is 19.5. The van der Waals surface area contributed by atoms with E-state index in [0.717, 1.165) is 22.4 Å². The monoisotopic (exact) mass is 475 g/mol. The molecule has 8 heteroatoms. The number of nitrogens with zero attached hydrogens (tertiary/aromatic N) is 1. The van der Waals surface area contributed by atoms with Crippen LogP contribution in [0.5, 0.6) is 5.75 Å². The first-order valence-corrected chi connectivity index (χ1v) is 11.4. The molecule has 0 bridgehead atoms. The van der Waals surface area contributed by atoms with Gasteiger partial charge in [0.05, 0.1) is 19.8 Å². The minimum absolute atomic E-state index is 0.0702. The van der Waals surface area contributed by atoms with Gasteiger partial charge in [-0.25, -0.2) is 4.79 Å². The van der Waals surface area contributed by atoms with E-state index in [-0.39, 0.29) is 25.2 Å². The standard InChI is InChI=1S/C27H29N3O5/c1-34-23-13-7-20(8-14-23)16-30-24(17-31)26(35-18-25(30)32)21-9-11-22(12-10-21)29-27(33)28-15-19-5-3-2-4-6-19/h2-14,24,26,31H,15-18H2,1H3,(H2,28,29,33)/t24-,26-/m1/s1. The summed E-state index contributed by atoms with van der Waals surface area (Å²) in [7, 11) is 1.60. The third-order valence-corrected chi connectivity index (χ3v) is 5.95. The molecule has 1 fully saturated rings. The second-order valence-electron chi connectivity index (χ2n) is 8.27. The molecule has 0 unspecified atom stereocenters. The van der Waals surface area contributed by atoms with Crippen LogP contribution in [0.1, 0.15) is 22.8 Å². The molecule has 0 spiro atoms. The first-order chi connectivity index (χ1) is 17.1. The molecule has 2 atom stereocenters. The van der Waals surface area contributed by atoms with Crippen LogP contribution in [0.15, 0.2) is 78.9 Å². The van der Waals surface area contributed by atoms with Crippen LogP contribution < -0.4 is 15.4 Å². The van der Waals surface area contributed by atoms with Gasteiger partial charge in [-0.05, 0) is 41.0 Å². The summed E-state index contributed by atoms with van der Waals surface area (Å²) < 4.78 is 11.0. The van der Waals surface area contributed by atoms with E-state index in [1.807, 2.05) is 66.7 Å². The average Bonchev–Trinajstić information content (AvgIpc) is 2.90. The summed E-state index contributed by atoms with van der Waals surface area (Å²) in [5.41, 5.74) is 3.38. The molecule has 0 aliphatic carbocycles. The Bertz CT molecular complexity index is 1120. The van der Waals surface area contributed by atoms with Crippen molar-refractivity contribution in [2.75, 3.05) is 25.6 Å². The molecule has 1 heterocycles. The van der Waals surface area contributed by atoms with Crippen LogP contribution in [0.3, 0.4) is 0 Å². The number of amides is 3. The summed E-state index contributed by atoms with van der Waals surface area (Å²) in [6.07, 6.45) is -0.489. The number of hydrogen-bond acceptors (Lipinski definition) is 5. The van der Waals surface area contributed by atoms with E-state index in [9.17, 15) is 14.7 Å². The third kappa shape index (κ3) is 6.17. The molecule has 1 saturated heterocycles. The van der Waals surface area contributed by atoms with Crippen molar-refractivity contribution >= 4 is 17.6 Å². The minimum atomic E-state index is -0.536. The maximum atomic E-state index is 12.6. The number of anilines is 1. The molecule has 4 rings (SSSR count). The molecule has 35 heavy (non-hydrogen) atoms. The predicted octanol–water partition coefficient (Wildman–Crippen LogP) is 3.48. The zero-order chi connectivity index (χ0) is 24.6. The van der Waals surface area contributed by atoms with E-state index in [0.29, 0.717) is 18.8 Å². The zero-order valence-electron chi connectivity index (χ0n) is 19.5. The number of nitrogens with one attached hydrogen (secondary N) is 2. The number of aliphatic hydroxyl groups is 1. The van der Waals surface area contributed by atoms with Crippen molar-refractivity contribution in [3.8, 4) is 5.75 Å². The summed E-state index contributed by atoms with van der Waals surface area (Å²) >= 11 is 0. The average molecular weight is 476 g/mol. The summed E-state index contributed by atoms with van der Waals surface area (Å²) in [4.78, 5) is 26.5. The van der Waals surface area contributed by atoms with Crippen LogP contribution in [-0.4, -0.2) is 48.3 Å². The van der Waals surface area contributed by atoms with E-state index in [1.165, 1.54) is 0 Å². The van der Waals surface area contributed by atoms with Crippen LogP contribution in [0.4, 0.5) is 10.5 Å². The Morgan fingerprint density at radius 3 is 2.40 bits per heavy atom. The number of rotatable bonds is 8. The maximum Gasteiger partial charge on any atom is 0.319 e. The van der Waals surface area contributed by atoms with Crippen molar-refractivity contribution in [1.82, 2.24) is 10.2 Å². The molecule has 3 N–H and O–H groups in total. The molecule has 1 aliphatic heterocycles. The Hall–Kier alpha value is -3.88. The summed E-state index contributed by atoms with van der Waals surface area (Å²) in [5, 5.41) is 15.8. The van der Waals surface area contributed by atoms with E-state index in [4.69, 9.17) is 9.47 Å². The number of hydrogen-bond donors (Lipinski definition) is 3. The topological polar surface area (TPSA) is 100 Å². The number of carbonyl (C=O) groups excluding carboxylic acids is 2. The lowest BCUT2D eigenvalue weighted by Crippen LogP contribution is -2.52. The van der Waals surface area contributed by atoms with E-state index < -0.39 is 12.1 Å². The number of urea groups is 1. The van der Waals surface area contributed by atoms with E-state index in [2.05, 4.69) is 10.6 Å². The van der Waals surface area contributed by atoms with Gasteiger partial charge < -0.3 is 30.1 Å². The fraction of sp³-hybridized carbons (Fsp3) is 0.259. The second-order valence-corrected chi connectivity index (χ2v) is 8.27. The van der Waals surface area contributed by atoms with Gasteiger partial charge in [0, 0.05) is 18.8 Å². The molecule has 3 amide bonds. The lowest BCUT2D eigenvalue weighted by molar-refractivity contribution is -0.162. The molecule has 0 aromatic heterocycles. The van der Waals surface area contributed by atoms with Gasteiger partial charge in [0.15, 0.2) is 0 Å². The fourth-order valence-electron chi connectivity index (χ4n) is 4.06. The normalized spacial score (nSPS) is 17.7. The van der Waals surface area contributed by atoms with Crippen molar-refractivity contribution in [3.05, 3.63) is 95.6 Å². The molecular formula is C27H29N3O5. The van der Waals surface area contributed by atoms with Gasteiger partial charge in [-0.2, -0.15) is 0 Å². The van der Waals surface area contributed by atoms with Crippen LogP contribution in [0.25, 0.3) is 0 Å². The van der Waals surface area contributed by atoms with Crippen molar-refractivity contribution in [3.63, 3.8) is 0 Å². The van der Waals surface area contributed by atoms with Gasteiger partial charge in [-0.1, -0.05) is 54.6 Å². The highest BCUT2D eigenvalue weighted by Crippen LogP contribution is 2.31. The van der Waals surface area contributed by atoms with Crippen LogP contribution >= 0.6 is 0 Å². The smallest absolute Gasteiger partial charge is 0.319 e.